The van der Waals surface area contributed by atoms with Crippen molar-refractivity contribution in [2.24, 2.45) is 0 Å². The van der Waals surface area contributed by atoms with E-state index >= 15 is 0 Å². The Labute approximate surface area is 254 Å². The van der Waals surface area contributed by atoms with Gasteiger partial charge in [0.05, 0.1) is 17.3 Å². The molecule has 2 fully saturated rings. The highest BCUT2D eigenvalue weighted by atomic mass is 79.9. The van der Waals surface area contributed by atoms with Gasteiger partial charge in [0.2, 0.25) is 5.95 Å². The summed E-state index contributed by atoms with van der Waals surface area (Å²) in [5.41, 5.74) is 5.65. The SMILES string of the molecule is COc1cc(N2CCC(N3CCN(C)CC3)CC2)c(C)cc1Nc1ncc(Br)c(Nc2ccc(C)cc2P(C)C)n1. The molecule has 10 heteroatoms. The van der Waals surface area contributed by atoms with Gasteiger partial charge in [-0.1, -0.05) is 19.6 Å². The van der Waals surface area contributed by atoms with E-state index in [-0.39, 0.29) is 7.92 Å². The number of anilines is 5. The van der Waals surface area contributed by atoms with Gasteiger partial charge in [-0.3, -0.25) is 4.90 Å². The number of benzene rings is 2. The first-order valence-electron chi connectivity index (χ1n) is 14.4. The number of piperazine rings is 1. The number of rotatable bonds is 8. The van der Waals surface area contributed by atoms with Crippen LogP contribution in [0.1, 0.15) is 24.0 Å². The summed E-state index contributed by atoms with van der Waals surface area (Å²) < 4.78 is 6.66. The summed E-state index contributed by atoms with van der Waals surface area (Å²) in [5.74, 6) is 2.02. The number of likely N-dealkylation sites (N-methyl/N-ethyl adjacent to an activating group) is 1. The smallest absolute Gasteiger partial charge is 0.229 e. The van der Waals surface area contributed by atoms with Gasteiger partial charge in [-0.05, 0) is 92.1 Å². The molecule has 0 spiro atoms. The Morgan fingerprint density at radius 1 is 0.951 bits per heavy atom. The number of ether oxygens (including phenoxy) is 1. The molecule has 0 amide bonds. The average molecular weight is 641 g/mol. The predicted octanol–water partition coefficient (Wildman–Crippen LogP) is 5.93. The van der Waals surface area contributed by atoms with Crippen molar-refractivity contribution in [1.82, 2.24) is 19.8 Å². The summed E-state index contributed by atoms with van der Waals surface area (Å²) >= 11 is 3.63. The van der Waals surface area contributed by atoms with E-state index in [1.54, 1.807) is 13.3 Å². The summed E-state index contributed by atoms with van der Waals surface area (Å²) in [5, 5.41) is 8.27. The van der Waals surface area contributed by atoms with Gasteiger partial charge in [0, 0.05) is 68.9 Å². The van der Waals surface area contributed by atoms with Gasteiger partial charge >= 0.3 is 0 Å². The highest BCUT2D eigenvalue weighted by molar-refractivity contribution is 9.10. The third kappa shape index (κ3) is 7.14. The molecule has 2 aliphatic heterocycles. The van der Waals surface area contributed by atoms with Crippen molar-refractivity contribution in [3.63, 3.8) is 0 Å². The molecule has 2 saturated heterocycles. The summed E-state index contributed by atoms with van der Waals surface area (Å²) in [6.45, 7) is 15.7. The summed E-state index contributed by atoms with van der Waals surface area (Å²) in [6.07, 6.45) is 4.19. The second kappa shape index (κ2) is 13.2. The Bertz CT molecular complexity index is 1350. The first-order chi connectivity index (χ1) is 19.7. The molecular weight excluding hydrogens is 597 g/mol. The van der Waals surface area contributed by atoms with Crippen LogP contribution in [-0.2, 0) is 0 Å². The first-order valence-corrected chi connectivity index (χ1v) is 17.5. The maximum Gasteiger partial charge on any atom is 0.229 e. The summed E-state index contributed by atoms with van der Waals surface area (Å²) in [6, 6.07) is 11.5. The molecule has 0 atom stereocenters. The van der Waals surface area contributed by atoms with Gasteiger partial charge in [-0.25, -0.2) is 4.98 Å². The lowest BCUT2D eigenvalue weighted by molar-refractivity contribution is 0.0982. The van der Waals surface area contributed by atoms with Crippen molar-refractivity contribution in [1.29, 1.82) is 0 Å². The van der Waals surface area contributed by atoms with Crippen LogP contribution in [0.15, 0.2) is 41.0 Å². The van der Waals surface area contributed by atoms with E-state index in [0.717, 1.165) is 40.5 Å². The van der Waals surface area contributed by atoms with Crippen LogP contribution < -0.4 is 25.6 Å². The fraction of sp³-hybridized carbons (Fsp3) is 0.484. The lowest BCUT2D eigenvalue weighted by atomic mass is 10.0. The normalized spacial score (nSPS) is 17.2. The Kier molecular flexibility index (Phi) is 9.70. The average Bonchev–Trinajstić information content (AvgIpc) is 2.96. The standard InChI is InChI=1S/C31H43BrN7OP/c1-21-7-8-25(29(17-21)41(5)6)34-30-24(32)20-33-31(36-30)35-26-18-22(2)27(19-28(26)40-4)39-11-9-23(10-12-39)38-15-13-37(3)14-16-38/h7-8,17-20,23H,9-16H2,1-6H3,(H2,33,34,35,36). The summed E-state index contributed by atoms with van der Waals surface area (Å²) in [7, 11) is 3.67. The van der Waals surface area contributed by atoms with E-state index in [1.807, 2.05) is 0 Å². The molecule has 2 aliphatic rings. The van der Waals surface area contributed by atoms with E-state index in [1.165, 1.54) is 61.1 Å². The van der Waals surface area contributed by atoms with E-state index in [2.05, 4.69) is 111 Å². The minimum atomic E-state index is -0.274. The van der Waals surface area contributed by atoms with Crippen LogP contribution in [0.4, 0.5) is 28.8 Å². The van der Waals surface area contributed by atoms with E-state index in [9.17, 15) is 0 Å². The zero-order valence-electron chi connectivity index (χ0n) is 25.2. The van der Waals surface area contributed by atoms with Crippen LogP contribution in [-0.4, -0.2) is 92.6 Å². The van der Waals surface area contributed by atoms with Crippen molar-refractivity contribution in [2.45, 2.75) is 32.7 Å². The number of aromatic nitrogens is 2. The number of hydrogen-bond donors (Lipinski definition) is 2. The number of methoxy groups -OCH3 is 1. The zero-order chi connectivity index (χ0) is 29.1. The minimum absolute atomic E-state index is 0.274. The zero-order valence-corrected chi connectivity index (χ0v) is 27.6. The van der Waals surface area contributed by atoms with Crippen molar-refractivity contribution in [2.75, 3.05) is 82.3 Å². The van der Waals surface area contributed by atoms with Crippen molar-refractivity contribution < 1.29 is 4.74 Å². The summed E-state index contributed by atoms with van der Waals surface area (Å²) in [4.78, 5) is 17.0. The van der Waals surface area contributed by atoms with Crippen LogP contribution in [0.2, 0.25) is 0 Å². The van der Waals surface area contributed by atoms with Crippen LogP contribution in [0.25, 0.3) is 0 Å². The topological polar surface area (TPSA) is 68.8 Å². The molecule has 220 valence electrons. The van der Waals surface area contributed by atoms with Crippen molar-refractivity contribution >= 4 is 58.0 Å². The molecule has 8 nitrogen and oxygen atoms in total. The molecule has 0 saturated carbocycles. The molecule has 3 aromatic rings. The number of piperidine rings is 1. The monoisotopic (exact) mass is 639 g/mol. The highest BCUT2D eigenvalue weighted by Crippen LogP contribution is 2.37. The van der Waals surface area contributed by atoms with Gasteiger partial charge in [0.1, 0.15) is 11.6 Å². The van der Waals surface area contributed by atoms with E-state index in [0.29, 0.717) is 12.0 Å². The van der Waals surface area contributed by atoms with E-state index in [4.69, 9.17) is 9.72 Å². The maximum atomic E-state index is 5.85. The van der Waals surface area contributed by atoms with E-state index < -0.39 is 0 Å². The molecule has 0 aliphatic carbocycles. The Balaban J connectivity index is 1.30. The van der Waals surface area contributed by atoms with Crippen LogP contribution in [0.5, 0.6) is 5.75 Å². The predicted molar refractivity (Wildman–Crippen MR) is 178 cm³/mol. The van der Waals surface area contributed by atoms with Crippen LogP contribution in [0.3, 0.4) is 0 Å². The maximum absolute atomic E-state index is 5.85. The number of aryl methyl sites for hydroxylation is 2. The highest BCUT2D eigenvalue weighted by Gasteiger charge is 2.27. The lowest BCUT2D eigenvalue weighted by Gasteiger charge is -2.43. The van der Waals surface area contributed by atoms with Gasteiger partial charge in [-0.15, -0.1) is 0 Å². The van der Waals surface area contributed by atoms with Crippen LogP contribution in [0, 0.1) is 13.8 Å². The third-order valence-corrected chi connectivity index (χ3v) is 10.2. The van der Waals surface area contributed by atoms with Crippen molar-refractivity contribution in [3.05, 3.63) is 52.1 Å². The Morgan fingerprint density at radius 3 is 2.37 bits per heavy atom. The first kappa shape index (κ1) is 30.0. The second-order valence-electron chi connectivity index (χ2n) is 11.5. The molecule has 2 aromatic carbocycles. The molecule has 5 rings (SSSR count). The number of halogens is 1. The lowest BCUT2D eigenvalue weighted by Crippen LogP contribution is -2.52. The molecule has 0 radical (unpaired) electrons. The quantitative estimate of drug-likeness (QED) is 0.294. The fourth-order valence-electron chi connectivity index (χ4n) is 5.82. The number of hydrogen-bond acceptors (Lipinski definition) is 8. The van der Waals surface area contributed by atoms with Crippen LogP contribution >= 0.6 is 23.9 Å². The fourth-order valence-corrected chi connectivity index (χ4v) is 7.19. The van der Waals surface area contributed by atoms with Gasteiger partial charge < -0.3 is 25.2 Å². The second-order valence-corrected chi connectivity index (χ2v) is 14.6. The van der Waals surface area contributed by atoms with Crippen molar-refractivity contribution in [3.8, 4) is 5.75 Å². The molecular formula is C31H43BrN7OP. The Morgan fingerprint density at radius 2 is 1.68 bits per heavy atom. The molecule has 3 heterocycles. The molecule has 41 heavy (non-hydrogen) atoms. The molecule has 1 aromatic heterocycles. The van der Waals surface area contributed by atoms with Gasteiger partial charge in [-0.2, -0.15) is 4.98 Å². The van der Waals surface area contributed by atoms with Gasteiger partial charge in [0.15, 0.2) is 0 Å². The molecule has 2 N–H and O–H groups in total. The largest absolute Gasteiger partial charge is 0.494 e. The number of nitrogens with one attached hydrogen (secondary N) is 2. The molecule has 0 bridgehead atoms. The minimum Gasteiger partial charge on any atom is -0.494 e. The Hall–Kier alpha value is -2.45. The number of nitrogens with zero attached hydrogens (tertiary/aromatic N) is 5. The third-order valence-electron chi connectivity index (χ3n) is 8.26. The van der Waals surface area contributed by atoms with Gasteiger partial charge in [0.25, 0.3) is 0 Å². The molecule has 0 unspecified atom stereocenters.